The van der Waals surface area contributed by atoms with E-state index in [0.717, 1.165) is 18.7 Å². The van der Waals surface area contributed by atoms with E-state index in [4.69, 9.17) is 9.63 Å². The molecule has 0 spiro atoms. The molecule has 112 valence electrons. The molecule has 1 aliphatic carbocycles. The lowest BCUT2D eigenvalue weighted by molar-refractivity contribution is -0.121. The minimum atomic E-state index is -0.0501. The Morgan fingerprint density at radius 1 is 1.50 bits per heavy atom. The predicted octanol–water partition coefficient (Wildman–Crippen LogP) is 1.40. The van der Waals surface area contributed by atoms with Crippen LogP contribution in [0.1, 0.15) is 56.7 Å². The number of aliphatic hydroxyl groups excluding tert-OH is 1. The first kappa shape index (κ1) is 15.0. The minimum absolute atomic E-state index is 0.0501. The van der Waals surface area contributed by atoms with Crippen molar-refractivity contribution in [2.24, 2.45) is 5.92 Å². The first-order valence-corrected chi connectivity index (χ1v) is 7.39. The van der Waals surface area contributed by atoms with Gasteiger partial charge in [-0.15, -0.1) is 0 Å². The Balaban J connectivity index is 1.72. The van der Waals surface area contributed by atoms with Crippen LogP contribution in [0.25, 0.3) is 0 Å². The number of aryl methyl sites for hydroxylation is 1. The summed E-state index contributed by atoms with van der Waals surface area (Å²) in [5.74, 6) is 1.80. The zero-order chi connectivity index (χ0) is 14.4. The molecular formula is C14H23N3O3. The number of carbonyl (C=O) groups excluding carboxylic acids is 1. The van der Waals surface area contributed by atoms with Crippen molar-refractivity contribution >= 4 is 5.91 Å². The Hall–Kier alpha value is -1.43. The monoisotopic (exact) mass is 281 g/mol. The molecule has 1 amide bonds. The lowest BCUT2D eigenvalue weighted by atomic mass is 10.1. The van der Waals surface area contributed by atoms with Gasteiger partial charge in [-0.3, -0.25) is 4.79 Å². The number of aromatic nitrogens is 2. The second-order valence-corrected chi connectivity index (χ2v) is 5.62. The quantitative estimate of drug-likeness (QED) is 0.788. The molecular weight excluding hydrogens is 258 g/mol. The third-order valence-electron chi connectivity index (χ3n) is 3.73. The fraction of sp³-hybridized carbons (Fsp3) is 0.786. The van der Waals surface area contributed by atoms with Crippen LogP contribution in [0.3, 0.4) is 0 Å². The van der Waals surface area contributed by atoms with E-state index in [1.807, 2.05) is 6.92 Å². The molecule has 0 bridgehead atoms. The molecule has 0 aliphatic heterocycles. The van der Waals surface area contributed by atoms with Gasteiger partial charge < -0.3 is 14.9 Å². The maximum atomic E-state index is 11.6. The highest BCUT2D eigenvalue weighted by molar-refractivity contribution is 5.75. The van der Waals surface area contributed by atoms with Crippen LogP contribution in [-0.4, -0.2) is 34.3 Å². The van der Waals surface area contributed by atoms with Gasteiger partial charge in [0, 0.05) is 31.9 Å². The summed E-state index contributed by atoms with van der Waals surface area (Å²) >= 11 is 0. The highest BCUT2D eigenvalue weighted by Gasteiger charge is 2.22. The number of nitrogens with one attached hydrogen (secondary N) is 1. The van der Waals surface area contributed by atoms with Crippen LogP contribution in [-0.2, 0) is 11.2 Å². The molecule has 1 unspecified atom stereocenters. The van der Waals surface area contributed by atoms with Crippen LogP contribution < -0.4 is 5.32 Å². The summed E-state index contributed by atoms with van der Waals surface area (Å²) in [6, 6.07) is 0. The van der Waals surface area contributed by atoms with E-state index in [0.29, 0.717) is 31.2 Å². The fourth-order valence-electron chi connectivity index (χ4n) is 2.38. The summed E-state index contributed by atoms with van der Waals surface area (Å²) < 4.78 is 5.19. The standard InChI is InChI=1S/C14H23N3O3/c1-10(9-18)8-15-12(19)6-7-13-16-14(17-20-13)11-4-2-3-5-11/h10-11,18H,2-9H2,1H3,(H,15,19). The topological polar surface area (TPSA) is 88.2 Å². The Kier molecular flexibility index (Phi) is 5.52. The van der Waals surface area contributed by atoms with Crippen LogP contribution in [0.2, 0.25) is 0 Å². The van der Waals surface area contributed by atoms with E-state index < -0.39 is 0 Å². The molecule has 1 atom stereocenters. The number of hydrogen-bond acceptors (Lipinski definition) is 5. The summed E-state index contributed by atoms with van der Waals surface area (Å²) in [4.78, 5) is 16.0. The van der Waals surface area contributed by atoms with Crippen molar-refractivity contribution in [3.63, 3.8) is 0 Å². The highest BCUT2D eigenvalue weighted by atomic mass is 16.5. The fourth-order valence-corrected chi connectivity index (χ4v) is 2.38. The van der Waals surface area contributed by atoms with Crippen LogP contribution in [0.15, 0.2) is 4.52 Å². The zero-order valence-electron chi connectivity index (χ0n) is 12.0. The number of aliphatic hydroxyl groups is 1. The first-order valence-electron chi connectivity index (χ1n) is 7.39. The van der Waals surface area contributed by atoms with Gasteiger partial charge in [0.2, 0.25) is 11.8 Å². The lowest BCUT2D eigenvalue weighted by Crippen LogP contribution is -2.29. The molecule has 1 aliphatic rings. The van der Waals surface area contributed by atoms with Crippen LogP contribution >= 0.6 is 0 Å². The first-order chi connectivity index (χ1) is 9.69. The Labute approximate surface area is 118 Å². The van der Waals surface area contributed by atoms with Crippen molar-refractivity contribution in [1.82, 2.24) is 15.5 Å². The summed E-state index contributed by atoms with van der Waals surface area (Å²) in [5.41, 5.74) is 0. The van der Waals surface area contributed by atoms with Crippen LogP contribution in [0, 0.1) is 5.92 Å². The average Bonchev–Trinajstić information content (AvgIpc) is 3.12. The predicted molar refractivity (Wildman–Crippen MR) is 73.1 cm³/mol. The Bertz CT molecular complexity index is 427. The van der Waals surface area contributed by atoms with Gasteiger partial charge in [-0.2, -0.15) is 4.98 Å². The normalized spacial score (nSPS) is 17.3. The van der Waals surface area contributed by atoms with Crippen molar-refractivity contribution in [3.05, 3.63) is 11.7 Å². The zero-order valence-corrected chi connectivity index (χ0v) is 12.0. The number of carbonyl (C=O) groups is 1. The maximum absolute atomic E-state index is 11.6. The van der Waals surface area contributed by atoms with E-state index in [9.17, 15) is 4.79 Å². The summed E-state index contributed by atoms with van der Waals surface area (Å²) in [5, 5.41) is 15.7. The van der Waals surface area contributed by atoms with Gasteiger partial charge in [0.25, 0.3) is 0 Å². The molecule has 0 aromatic carbocycles. The molecule has 1 saturated carbocycles. The number of amides is 1. The van der Waals surface area contributed by atoms with E-state index in [-0.39, 0.29) is 18.4 Å². The number of hydrogen-bond donors (Lipinski definition) is 2. The minimum Gasteiger partial charge on any atom is -0.396 e. The molecule has 1 aromatic heterocycles. The number of nitrogens with zero attached hydrogens (tertiary/aromatic N) is 2. The van der Waals surface area contributed by atoms with Gasteiger partial charge in [-0.25, -0.2) is 0 Å². The van der Waals surface area contributed by atoms with Crippen LogP contribution in [0.4, 0.5) is 0 Å². The lowest BCUT2D eigenvalue weighted by Gasteiger charge is -2.08. The molecule has 0 saturated heterocycles. The van der Waals surface area contributed by atoms with Gasteiger partial charge in [0.1, 0.15) is 0 Å². The summed E-state index contributed by atoms with van der Waals surface area (Å²) in [6.45, 7) is 2.45. The molecule has 2 rings (SSSR count). The molecule has 2 N–H and O–H groups in total. The Morgan fingerprint density at radius 3 is 2.95 bits per heavy atom. The Morgan fingerprint density at radius 2 is 2.25 bits per heavy atom. The van der Waals surface area contributed by atoms with Crippen molar-refractivity contribution in [2.75, 3.05) is 13.2 Å². The third-order valence-corrected chi connectivity index (χ3v) is 3.73. The molecule has 6 heteroatoms. The third kappa shape index (κ3) is 4.30. The van der Waals surface area contributed by atoms with Crippen molar-refractivity contribution in [3.8, 4) is 0 Å². The molecule has 20 heavy (non-hydrogen) atoms. The van der Waals surface area contributed by atoms with E-state index in [2.05, 4.69) is 15.5 Å². The SMILES string of the molecule is CC(CO)CNC(=O)CCc1nc(C2CCCC2)no1. The van der Waals surface area contributed by atoms with Gasteiger partial charge in [-0.05, 0) is 18.8 Å². The molecule has 1 heterocycles. The maximum Gasteiger partial charge on any atom is 0.227 e. The largest absolute Gasteiger partial charge is 0.396 e. The van der Waals surface area contributed by atoms with E-state index in [1.54, 1.807) is 0 Å². The van der Waals surface area contributed by atoms with Crippen LogP contribution in [0.5, 0.6) is 0 Å². The van der Waals surface area contributed by atoms with Gasteiger partial charge >= 0.3 is 0 Å². The molecule has 1 aromatic rings. The van der Waals surface area contributed by atoms with Crippen molar-refractivity contribution in [2.45, 2.75) is 51.4 Å². The summed E-state index contributed by atoms with van der Waals surface area (Å²) in [7, 11) is 0. The van der Waals surface area contributed by atoms with Crippen molar-refractivity contribution in [1.29, 1.82) is 0 Å². The second-order valence-electron chi connectivity index (χ2n) is 5.62. The van der Waals surface area contributed by atoms with E-state index in [1.165, 1.54) is 12.8 Å². The molecule has 0 radical (unpaired) electrons. The number of rotatable bonds is 7. The smallest absolute Gasteiger partial charge is 0.227 e. The van der Waals surface area contributed by atoms with Gasteiger partial charge in [-0.1, -0.05) is 24.9 Å². The highest BCUT2D eigenvalue weighted by Crippen LogP contribution is 2.32. The summed E-state index contributed by atoms with van der Waals surface area (Å²) in [6.07, 6.45) is 5.56. The molecule has 1 fully saturated rings. The second kappa shape index (κ2) is 7.38. The van der Waals surface area contributed by atoms with Crippen molar-refractivity contribution < 1.29 is 14.4 Å². The average molecular weight is 281 g/mol. The van der Waals surface area contributed by atoms with Gasteiger partial charge in [0.15, 0.2) is 5.82 Å². The molecule has 6 nitrogen and oxygen atoms in total. The van der Waals surface area contributed by atoms with E-state index >= 15 is 0 Å². The van der Waals surface area contributed by atoms with Gasteiger partial charge in [0.05, 0.1) is 0 Å².